The number of nitrogens with zero attached hydrogens (tertiary/aromatic N) is 4. The van der Waals surface area contributed by atoms with Crippen LogP contribution < -0.4 is 10.2 Å². The van der Waals surface area contributed by atoms with Crippen LogP contribution in [-0.2, 0) is 6.54 Å². The summed E-state index contributed by atoms with van der Waals surface area (Å²) in [4.78, 5) is 23.0. The molecule has 1 aliphatic rings. The Labute approximate surface area is 135 Å². The summed E-state index contributed by atoms with van der Waals surface area (Å²) in [6, 6.07) is 3.69. The number of carbonyl (C=O) groups excluding carboxylic acids is 1. The zero-order chi connectivity index (χ0) is 16.2. The van der Waals surface area contributed by atoms with E-state index in [0.29, 0.717) is 17.3 Å². The molecule has 2 aromatic rings. The van der Waals surface area contributed by atoms with E-state index in [1.54, 1.807) is 12.3 Å². The number of nitrogens with one attached hydrogen (secondary N) is 1. The van der Waals surface area contributed by atoms with Crippen molar-refractivity contribution in [2.45, 2.75) is 39.2 Å². The number of hydrogen-bond acceptors (Lipinski definition) is 6. The lowest BCUT2D eigenvalue weighted by atomic mass is 10.2. The summed E-state index contributed by atoms with van der Waals surface area (Å²) in [6.45, 7) is 6.26. The molecule has 0 bridgehead atoms. The number of amides is 1. The normalized spacial score (nSPS) is 14.5. The van der Waals surface area contributed by atoms with Crippen LogP contribution in [-0.4, -0.2) is 34.1 Å². The van der Waals surface area contributed by atoms with Crippen molar-refractivity contribution >= 4 is 11.7 Å². The number of aromatic nitrogens is 3. The molecule has 0 unspecified atom stereocenters. The van der Waals surface area contributed by atoms with Crippen molar-refractivity contribution in [1.29, 1.82) is 0 Å². The van der Waals surface area contributed by atoms with Crippen molar-refractivity contribution in [1.82, 2.24) is 20.4 Å². The van der Waals surface area contributed by atoms with Crippen LogP contribution in [0.25, 0.3) is 0 Å². The standard InChI is InChI=1S/C16H21N5O2/c1-11(2)16-19-13(20-23-16)10-18-15(22)12-5-6-14(17-9-12)21-7-3-4-8-21/h5-6,9,11H,3-4,7-8,10H2,1-2H3,(H,18,22). The minimum atomic E-state index is -0.193. The van der Waals surface area contributed by atoms with Gasteiger partial charge in [0.25, 0.3) is 5.91 Å². The lowest BCUT2D eigenvalue weighted by Gasteiger charge is -2.16. The van der Waals surface area contributed by atoms with Crippen LogP contribution in [0.15, 0.2) is 22.9 Å². The third-order valence-electron chi connectivity index (χ3n) is 3.82. The van der Waals surface area contributed by atoms with Crippen molar-refractivity contribution in [3.8, 4) is 0 Å². The molecular weight excluding hydrogens is 294 g/mol. The monoisotopic (exact) mass is 315 g/mol. The van der Waals surface area contributed by atoms with Crippen LogP contribution in [0.5, 0.6) is 0 Å². The van der Waals surface area contributed by atoms with Gasteiger partial charge >= 0.3 is 0 Å². The summed E-state index contributed by atoms with van der Waals surface area (Å²) >= 11 is 0. The van der Waals surface area contributed by atoms with Gasteiger partial charge in [0.1, 0.15) is 5.82 Å². The summed E-state index contributed by atoms with van der Waals surface area (Å²) in [5.41, 5.74) is 0.528. The topological polar surface area (TPSA) is 84.2 Å². The second-order valence-electron chi connectivity index (χ2n) is 5.99. The molecule has 122 valence electrons. The Morgan fingerprint density at radius 1 is 1.35 bits per heavy atom. The van der Waals surface area contributed by atoms with Gasteiger partial charge in [-0.05, 0) is 25.0 Å². The fourth-order valence-electron chi connectivity index (χ4n) is 2.49. The van der Waals surface area contributed by atoms with Gasteiger partial charge < -0.3 is 14.7 Å². The highest BCUT2D eigenvalue weighted by Crippen LogP contribution is 2.17. The molecule has 1 aliphatic heterocycles. The molecule has 0 saturated carbocycles. The molecule has 23 heavy (non-hydrogen) atoms. The molecule has 7 heteroatoms. The molecule has 0 radical (unpaired) electrons. The summed E-state index contributed by atoms with van der Waals surface area (Å²) < 4.78 is 5.11. The van der Waals surface area contributed by atoms with Gasteiger partial charge in [0.05, 0.1) is 12.1 Å². The predicted molar refractivity (Wildman–Crippen MR) is 85.2 cm³/mol. The van der Waals surface area contributed by atoms with E-state index in [0.717, 1.165) is 18.9 Å². The summed E-state index contributed by atoms with van der Waals surface area (Å²) in [7, 11) is 0. The van der Waals surface area contributed by atoms with E-state index in [-0.39, 0.29) is 18.4 Å². The minimum absolute atomic E-state index is 0.175. The average molecular weight is 315 g/mol. The number of hydrogen-bond donors (Lipinski definition) is 1. The number of anilines is 1. The van der Waals surface area contributed by atoms with E-state index in [1.165, 1.54) is 12.8 Å². The van der Waals surface area contributed by atoms with Gasteiger partial charge in [0.2, 0.25) is 5.89 Å². The number of carbonyl (C=O) groups is 1. The van der Waals surface area contributed by atoms with Crippen LogP contribution in [0.4, 0.5) is 5.82 Å². The highest BCUT2D eigenvalue weighted by molar-refractivity contribution is 5.93. The van der Waals surface area contributed by atoms with Gasteiger partial charge in [0.15, 0.2) is 5.82 Å². The fraction of sp³-hybridized carbons (Fsp3) is 0.500. The first-order valence-electron chi connectivity index (χ1n) is 7.95. The van der Waals surface area contributed by atoms with Crippen molar-refractivity contribution < 1.29 is 9.32 Å². The van der Waals surface area contributed by atoms with Gasteiger partial charge in [-0.1, -0.05) is 19.0 Å². The van der Waals surface area contributed by atoms with Crippen LogP contribution >= 0.6 is 0 Å². The first kappa shape index (κ1) is 15.5. The second kappa shape index (κ2) is 6.76. The summed E-state index contributed by atoms with van der Waals surface area (Å²) in [5, 5.41) is 6.63. The van der Waals surface area contributed by atoms with E-state index in [1.807, 2.05) is 19.9 Å². The highest BCUT2D eigenvalue weighted by Gasteiger charge is 2.15. The van der Waals surface area contributed by atoms with Gasteiger partial charge in [-0.15, -0.1) is 0 Å². The van der Waals surface area contributed by atoms with Crippen LogP contribution in [0, 0.1) is 0 Å². The largest absolute Gasteiger partial charge is 0.357 e. The first-order valence-corrected chi connectivity index (χ1v) is 7.95. The van der Waals surface area contributed by atoms with Gasteiger partial charge in [-0.3, -0.25) is 4.79 Å². The molecule has 1 amide bonds. The van der Waals surface area contributed by atoms with Gasteiger partial charge in [-0.2, -0.15) is 4.98 Å². The molecular formula is C16H21N5O2. The molecule has 7 nitrogen and oxygen atoms in total. The maximum absolute atomic E-state index is 12.1. The van der Waals surface area contributed by atoms with Crippen molar-refractivity contribution in [2.75, 3.05) is 18.0 Å². The van der Waals surface area contributed by atoms with E-state index in [9.17, 15) is 4.79 Å². The van der Waals surface area contributed by atoms with Crippen LogP contribution in [0.3, 0.4) is 0 Å². The quantitative estimate of drug-likeness (QED) is 0.910. The third-order valence-corrected chi connectivity index (χ3v) is 3.82. The van der Waals surface area contributed by atoms with Gasteiger partial charge in [0, 0.05) is 25.2 Å². The molecule has 0 atom stereocenters. The zero-order valence-electron chi connectivity index (χ0n) is 13.5. The molecule has 0 aliphatic carbocycles. The average Bonchev–Trinajstić information content (AvgIpc) is 3.24. The highest BCUT2D eigenvalue weighted by atomic mass is 16.5. The molecule has 1 N–H and O–H groups in total. The molecule has 2 aromatic heterocycles. The van der Waals surface area contributed by atoms with Crippen LogP contribution in [0.2, 0.25) is 0 Å². The zero-order valence-corrected chi connectivity index (χ0v) is 13.5. The Morgan fingerprint density at radius 3 is 2.74 bits per heavy atom. The smallest absolute Gasteiger partial charge is 0.253 e. The van der Waals surface area contributed by atoms with E-state index >= 15 is 0 Å². The molecule has 3 rings (SSSR count). The Bertz CT molecular complexity index is 659. The summed E-state index contributed by atoms with van der Waals surface area (Å²) in [5.74, 6) is 1.96. The number of rotatable bonds is 5. The Balaban J connectivity index is 1.57. The number of pyridine rings is 1. The molecule has 0 spiro atoms. The Hall–Kier alpha value is -2.44. The minimum Gasteiger partial charge on any atom is -0.357 e. The predicted octanol–water partition coefficient (Wildman–Crippen LogP) is 2.12. The fourth-order valence-corrected chi connectivity index (χ4v) is 2.49. The third kappa shape index (κ3) is 3.67. The van der Waals surface area contributed by atoms with Crippen molar-refractivity contribution in [2.24, 2.45) is 0 Å². The molecule has 3 heterocycles. The van der Waals surface area contributed by atoms with E-state index in [4.69, 9.17) is 4.52 Å². The lowest BCUT2D eigenvalue weighted by molar-refractivity contribution is 0.0949. The maximum Gasteiger partial charge on any atom is 0.253 e. The van der Waals surface area contributed by atoms with E-state index in [2.05, 4.69) is 25.3 Å². The van der Waals surface area contributed by atoms with Crippen LogP contribution in [0.1, 0.15) is 54.7 Å². The van der Waals surface area contributed by atoms with Crippen molar-refractivity contribution in [3.05, 3.63) is 35.6 Å². The molecule has 0 aromatic carbocycles. The molecule has 1 saturated heterocycles. The Morgan fingerprint density at radius 2 is 2.13 bits per heavy atom. The SMILES string of the molecule is CC(C)c1nc(CNC(=O)c2ccc(N3CCCC3)nc2)no1. The van der Waals surface area contributed by atoms with Crippen molar-refractivity contribution in [3.63, 3.8) is 0 Å². The summed E-state index contributed by atoms with van der Waals surface area (Å²) in [6.07, 6.45) is 4.01. The molecule has 1 fully saturated rings. The lowest BCUT2D eigenvalue weighted by Crippen LogP contribution is -2.24. The first-order chi connectivity index (χ1) is 11.1. The Kier molecular flexibility index (Phi) is 4.55. The van der Waals surface area contributed by atoms with E-state index < -0.39 is 0 Å². The second-order valence-corrected chi connectivity index (χ2v) is 5.99. The maximum atomic E-state index is 12.1. The van der Waals surface area contributed by atoms with Gasteiger partial charge in [-0.25, -0.2) is 4.98 Å².